The number of H-pyrrole nitrogens is 1. The molecule has 0 saturated carbocycles. The van der Waals surface area contributed by atoms with Gasteiger partial charge < -0.3 is 9.88 Å². The highest BCUT2D eigenvalue weighted by molar-refractivity contribution is 5.83. The molecule has 0 aliphatic rings. The maximum absolute atomic E-state index is 13.6. The first-order chi connectivity index (χ1) is 9.65. The Kier molecular flexibility index (Phi) is 5.12. The topological polar surface area (TPSA) is 19.0 Å². The van der Waals surface area contributed by atoms with Crippen LogP contribution in [0.25, 0.3) is 10.9 Å². The third-order valence-electron chi connectivity index (χ3n) is 3.57. The van der Waals surface area contributed by atoms with Crippen LogP contribution in [0, 0.1) is 11.6 Å². The molecule has 0 aliphatic carbocycles. The van der Waals surface area contributed by atoms with E-state index in [1.165, 1.54) is 6.07 Å². The molecule has 0 saturated heterocycles. The van der Waals surface area contributed by atoms with Crippen LogP contribution in [0.2, 0.25) is 0 Å². The number of hydrogen-bond donors (Lipinski definition) is 1. The monoisotopic (exact) mass is 280 g/mol. The molecule has 0 aliphatic heterocycles. The number of hydrogen-bond acceptors (Lipinski definition) is 1. The van der Waals surface area contributed by atoms with Gasteiger partial charge in [0.15, 0.2) is 0 Å². The van der Waals surface area contributed by atoms with E-state index in [0.29, 0.717) is 10.9 Å². The van der Waals surface area contributed by atoms with Gasteiger partial charge in [0.25, 0.3) is 0 Å². The SMILES string of the molecule is CCCN(CCC)CCc1c[nH]c2c(F)cc(F)cc12. The third kappa shape index (κ3) is 3.37. The predicted octanol–water partition coefficient (Wildman–Crippen LogP) is 4.11. The third-order valence-corrected chi connectivity index (χ3v) is 3.57. The molecule has 2 aromatic rings. The van der Waals surface area contributed by atoms with Crippen LogP contribution < -0.4 is 0 Å². The van der Waals surface area contributed by atoms with E-state index in [0.717, 1.165) is 50.5 Å². The Morgan fingerprint density at radius 1 is 1.05 bits per heavy atom. The summed E-state index contributed by atoms with van der Waals surface area (Å²) in [6.45, 7) is 7.39. The molecule has 2 rings (SSSR count). The van der Waals surface area contributed by atoms with Gasteiger partial charge in [0.2, 0.25) is 0 Å². The molecule has 110 valence electrons. The maximum Gasteiger partial charge on any atom is 0.150 e. The van der Waals surface area contributed by atoms with Crippen molar-refractivity contribution in [3.63, 3.8) is 0 Å². The van der Waals surface area contributed by atoms with E-state index in [-0.39, 0.29) is 0 Å². The van der Waals surface area contributed by atoms with E-state index in [1.807, 2.05) is 0 Å². The van der Waals surface area contributed by atoms with Crippen molar-refractivity contribution in [3.05, 3.63) is 35.5 Å². The molecule has 0 bridgehead atoms. The molecule has 20 heavy (non-hydrogen) atoms. The highest BCUT2D eigenvalue weighted by atomic mass is 19.1. The van der Waals surface area contributed by atoms with E-state index in [4.69, 9.17) is 0 Å². The number of fused-ring (bicyclic) bond motifs is 1. The van der Waals surface area contributed by atoms with Crippen molar-refractivity contribution < 1.29 is 8.78 Å². The zero-order valence-electron chi connectivity index (χ0n) is 12.2. The van der Waals surface area contributed by atoms with Crippen LogP contribution in [0.5, 0.6) is 0 Å². The summed E-state index contributed by atoms with van der Waals surface area (Å²) in [4.78, 5) is 5.31. The van der Waals surface area contributed by atoms with Crippen LogP contribution >= 0.6 is 0 Å². The van der Waals surface area contributed by atoms with Gasteiger partial charge in [0, 0.05) is 24.2 Å². The molecule has 0 amide bonds. The largest absolute Gasteiger partial charge is 0.359 e. The van der Waals surface area contributed by atoms with Gasteiger partial charge in [-0.15, -0.1) is 0 Å². The van der Waals surface area contributed by atoms with Crippen molar-refractivity contribution in [1.82, 2.24) is 9.88 Å². The molecule has 1 aromatic heterocycles. The van der Waals surface area contributed by atoms with E-state index in [2.05, 4.69) is 23.7 Å². The van der Waals surface area contributed by atoms with Crippen molar-refractivity contribution in [2.45, 2.75) is 33.1 Å². The van der Waals surface area contributed by atoms with E-state index >= 15 is 0 Å². The molecular formula is C16H22F2N2. The molecule has 4 heteroatoms. The second-order valence-corrected chi connectivity index (χ2v) is 5.22. The van der Waals surface area contributed by atoms with Crippen LogP contribution in [0.3, 0.4) is 0 Å². The average molecular weight is 280 g/mol. The summed E-state index contributed by atoms with van der Waals surface area (Å²) in [5.74, 6) is -1.04. The van der Waals surface area contributed by atoms with Crippen molar-refractivity contribution in [2.24, 2.45) is 0 Å². The summed E-state index contributed by atoms with van der Waals surface area (Å²) in [6.07, 6.45) is 4.85. The molecule has 0 atom stereocenters. The Balaban J connectivity index is 2.13. The van der Waals surface area contributed by atoms with E-state index < -0.39 is 11.6 Å². The first-order valence-electron chi connectivity index (χ1n) is 7.33. The predicted molar refractivity (Wildman–Crippen MR) is 78.9 cm³/mol. The maximum atomic E-state index is 13.6. The van der Waals surface area contributed by atoms with Crippen molar-refractivity contribution in [1.29, 1.82) is 0 Å². The minimum Gasteiger partial charge on any atom is -0.359 e. The molecule has 0 spiro atoms. The molecule has 0 radical (unpaired) electrons. The Morgan fingerprint density at radius 3 is 2.40 bits per heavy atom. The number of rotatable bonds is 7. The quantitative estimate of drug-likeness (QED) is 0.808. The molecule has 1 aromatic carbocycles. The van der Waals surface area contributed by atoms with Gasteiger partial charge in [-0.25, -0.2) is 8.78 Å². The Hall–Kier alpha value is -1.42. The number of benzene rings is 1. The number of halogens is 2. The Morgan fingerprint density at radius 2 is 1.75 bits per heavy atom. The summed E-state index contributed by atoms with van der Waals surface area (Å²) >= 11 is 0. The van der Waals surface area contributed by atoms with Crippen molar-refractivity contribution in [2.75, 3.05) is 19.6 Å². The number of aromatic nitrogens is 1. The second kappa shape index (κ2) is 6.84. The first kappa shape index (κ1) is 15.0. The molecule has 0 unspecified atom stereocenters. The van der Waals surface area contributed by atoms with Crippen LogP contribution in [0.15, 0.2) is 18.3 Å². The first-order valence-corrected chi connectivity index (χ1v) is 7.33. The van der Waals surface area contributed by atoms with Crippen LogP contribution in [-0.2, 0) is 6.42 Å². The average Bonchev–Trinajstić information content (AvgIpc) is 2.80. The fraction of sp³-hybridized carbons (Fsp3) is 0.500. The van der Waals surface area contributed by atoms with Crippen LogP contribution in [0.4, 0.5) is 8.78 Å². The van der Waals surface area contributed by atoms with Gasteiger partial charge in [-0.3, -0.25) is 0 Å². The van der Waals surface area contributed by atoms with Crippen molar-refractivity contribution in [3.8, 4) is 0 Å². The molecule has 1 N–H and O–H groups in total. The number of nitrogens with zero attached hydrogens (tertiary/aromatic N) is 1. The lowest BCUT2D eigenvalue weighted by atomic mass is 10.1. The summed E-state index contributed by atoms with van der Waals surface area (Å²) in [7, 11) is 0. The normalized spacial score (nSPS) is 11.7. The summed E-state index contributed by atoms with van der Waals surface area (Å²) < 4.78 is 27.0. The van der Waals surface area contributed by atoms with Gasteiger partial charge >= 0.3 is 0 Å². The van der Waals surface area contributed by atoms with E-state index in [1.54, 1.807) is 6.20 Å². The number of aromatic amines is 1. The van der Waals surface area contributed by atoms with Crippen molar-refractivity contribution >= 4 is 10.9 Å². The van der Waals surface area contributed by atoms with Crippen LogP contribution in [0.1, 0.15) is 32.3 Å². The Bertz CT molecular complexity index is 557. The molecule has 1 heterocycles. The lowest BCUT2D eigenvalue weighted by Gasteiger charge is -2.20. The minimum absolute atomic E-state index is 0.402. The standard InChI is InChI=1S/C16H22F2N2/c1-3-6-20(7-4-2)8-5-12-11-19-16-14(12)9-13(17)10-15(16)18/h9-11,19H,3-8H2,1-2H3. The van der Waals surface area contributed by atoms with Crippen LogP contribution in [-0.4, -0.2) is 29.5 Å². The van der Waals surface area contributed by atoms with Gasteiger partial charge in [-0.1, -0.05) is 13.8 Å². The lowest BCUT2D eigenvalue weighted by Crippen LogP contribution is -2.27. The fourth-order valence-electron chi connectivity index (χ4n) is 2.66. The molecule has 0 fully saturated rings. The van der Waals surface area contributed by atoms with Gasteiger partial charge in [-0.2, -0.15) is 0 Å². The van der Waals surface area contributed by atoms with Gasteiger partial charge in [0.05, 0.1) is 5.52 Å². The lowest BCUT2D eigenvalue weighted by molar-refractivity contribution is 0.278. The summed E-state index contributed by atoms with van der Waals surface area (Å²) in [6, 6.07) is 2.33. The highest BCUT2D eigenvalue weighted by Crippen LogP contribution is 2.23. The zero-order valence-corrected chi connectivity index (χ0v) is 12.2. The number of nitrogens with one attached hydrogen (secondary N) is 1. The highest BCUT2D eigenvalue weighted by Gasteiger charge is 2.11. The summed E-state index contributed by atoms with van der Waals surface area (Å²) in [5, 5.41) is 0.662. The Labute approximate surface area is 118 Å². The van der Waals surface area contributed by atoms with Gasteiger partial charge in [0.1, 0.15) is 11.6 Å². The summed E-state index contributed by atoms with van der Waals surface area (Å²) in [5.41, 5.74) is 1.38. The van der Waals surface area contributed by atoms with E-state index in [9.17, 15) is 8.78 Å². The smallest absolute Gasteiger partial charge is 0.150 e. The minimum atomic E-state index is -0.523. The zero-order chi connectivity index (χ0) is 14.5. The van der Waals surface area contributed by atoms with Gasteiger partial charge in [-0.05, 0) is 44.0 Å². The fourth-order valence-corrected chi connectivity index (χ4v) is 2.66. The molecular weight excluding hydrogens is 258 g/mol. The second-order valence-electron chi connectivity index (χ2n) is 5.22. The molecule has 2 nitrogen and oxygen atoms in total.